The predicted octanol–water partition coefficient (Wildman–Crippen LogP) is 8.03. The molecule has 5 rings (SSSR count). The van der Waals surface area contributed by atoms with Gasteiger partial charge in [0.05, 0.1) is 30.3 Å². The lowest BCUT2D eigenvalue weighted by Gasteiger charge is -2.26. The lowest BCUT2D eigenvalue weighted by Crippen LogP contribution is -2.35. The van der Waals surface area contributed by atoms with E-state index in [1.165, 1.54) is 5.56 Å². The van der Waals surface area contributed by atoms with Gasteiger partial charge in [-0.2, -0.15) is 0 Å². The molecule has 1 aliphatic rings. The standard InChI is InChI=1S/C30H30Br2N4O2/c1-19(2)21-15-26(31)29(27(32)16-21)35-30(37)34-28-10-9-23(24-5-3-4-6-25(24)28)20-7-8-22(33-17-20)18-36-11-13-38-14-12-36/h3-10,15-17,19H,11-14,18H2,1-2H3,(H2,34,35,37). The first kappa shape index (κ1) is 26.8. The van der Waals surface area contributed by atoms with Crippen LogP contribution in [-0.2, 0) is 11.3 Å². The van der Waals surface area contributed by atoms with Gasteiger partial charge in [0.2, 0.25) is 0 Å². The molecule has 0 radical (unpaired) electrons. The second-order valence-corrected chi connectivity index (χ2v) is 11.4. The van der Waals surface area contributed by atoms with Crippen LogP contribution < -0.4 is 10.6 Å². The van der Waals surface area contributed by atoms with Crippen LogP contribution in [0.3, 0.4) is 0 Å². The van der Waals surface area contributed by atoms with Gasteiger partial charge in [0.25, 0.3) is 0 Å². The van der Waals surface area contributed by atoms with Crippen LogP contribution in [-0.4, -0.2) is 42.2 Å². The quantitative estimate of drug-likeness (QED) is 0.225. The maximum absolute atomic E-state index is 13.0. The number of aromatic nitrogens is 1. The van der Waals surface area contributed by atoms with Gasteiger partial charge in [-0.1, -0.05) is 50.2 Å². The van der Waals surface area contributed by atoms with Crippen LogP contribution in [0.15, 0.2) is 75.8 Å². The molecule has 2 N–H and O–H groups in total. The van der Waals surface area contributed by atoms with Gasteiger partial charge in [-0.05, 0) is 78.6 Å². The molecule has 6 nitrogen and oxygen atoms in total. The molecule has 2 amide bonds. The number of hydrogen-bond acceptors (Lipinski definition) is 4. The molecule has 1 aliphatic heterocycles. The normalized spacial score (nSPS) is 14.1. The van der Waals surface area contributed by atoms with Crippen molar-refractivity contribution in [2.24, 2.45) is 0 Å². The maximum atomic E-state index is 13.0. The molecule has 2 heterocycles. The van der Waals surface area contributed by atoms with E-state index in [0.717, 1.165) is 75.1 Å². The molecular weight excluding hydrogens is 608 g/mol. The summed E-state index contributed by atoms with van der Waals surface area (Å²) < 4.78 is 7.10. The number of fused-ring (bicyclic) bond motifs is 1. The zero-order valence-electron chi connectivity index (χ0n) is 21.4. The summed E-state index contributed by atoms with van der Waals surface area (Å²) in [6, 6.07) is 20.1. The van der Waals surface area contributed by atoms with Gasteiger partial charge in [-0.3, -0.25) is 9.88 Å². The van der Waals surface area contributed by atoms with Crippen LogP contribution in [0, 0.1) is 0 Å². The number of morpholine rings is 1. The molecule has 0 spiro atoms. The first-order valence-electron chi connectivity index (χ1n) is 12.7. The van der Waals surface area contributed by atoms with Crippen molar-refractivity contribution in [3.8, 4) is 11.1 Å². The van der Waals surface area contributed by atoms with Gasteiger partial charge in [0.15, 0.2) is 0 Å². The molecular formula is C30H30Br2N4O2. The number of amides is 2. The summed E-state index contributed by atoms with van der Waals surface area (Å²) in [6.07, 6.45) is 1.94. The first-order valence-corrected chi connectivity index (χ1v) is 14.3. The monoisotopic (exact) mass is 636 g/mol. The number of benzene rings is 3. The third-order valence-electron chi connectivity index (χ3n) is 6.77. The van der Waals surface area contributed by atoms with Gasteiger partial charge in [0.1, 0.15) is 0 Å². The van der Waals surface area contributed by atoms with Crippen LogP contribution in [0.25, 0.3) is 21.9 Å². The zero-order valence-corrected chi connectivity index (χ0v) is 24.6. The van der Waals surface area contributed by atoms with Crippen molar-refractivity contribution < 1.29 is 9.53 Å². The lowest BCUT2D eigenvalue weighted by atomic mass is 9.98. The lowest BCUT2D eigenvalue weighted by molar-refractivity contribution is 0.0336. The van der Waals surface area contributed by atoms with Crippen LogP contribution in [0.2, 0.25) is 0 Å². The molecule has 0 atom stereocenters. The van der Waals surface area contributed by atoms with Crippen molar-refractivity contribution in [2.45, 2.75) is 26.3 Å². The highest BCUT2D eigenvalue weighted by atomic mass is 79.9. The number of urea groups is 1. The van der Waals surface area contributed by atoms with Gasteiger partial charge < -0.3 is 15.4 Å². The minimum atomic E-state index is -0.310. The van der Waals surface area contributed by atoms with E-state index in [0.29, 0.717) is 11.6 Å². The number of halogens is 2. The Morgan fingerprint density at radius 2 is 1.68 bits per heavy atom. The Balaban J connectivity index is 1.36. The molecule has 0 bridgehead atoms. The average molecular weight is 638 g/mol. The molecule has 3 aromatic carbocycles. The SMILES string of the molecule is CC(C)c1cc(Br)c(NC(=O)Nc2ccc(-c3ccc(CN4CCOCC4)nc3)c3ccccc23)c(Br)c1. The molecule has 38 heavy (non-hydrogen) atoms. The van der Waals surface area contributed by atoms with E-state index in [2.05, 4.69) is 79.4 Å². The molecule has 1 aromatic heterocycles. The smallest absolute Gasteiger partial charge is 0.323 e. The molecule has 196 valence electrons. The summed E-state index contributed by atoms with van der Waals surface area (Å²) >= 11 is 7.20. The van der Waals surface area contributed by atoms with E-state index < -0.39 is 0 Å². The summed E-state index contributed by atoms with van der Waals surface area (Å²) in [5.74, 6) is 0.381. The molecule has 8 heteroatoms. The van der Waals surface area contributed by atoms with Crippen molar-refractivity contribution >= 4 is 60.0 Å². The average Bonchev–Trinajstić information content (AvgIpc) is 2.92. The number of rotatable bonds is 6. The maximum Gasteiger partial charge on any atom is 0.323 e. The highest BCUT2D eigenvalue weighted by Gasteiger charge is 2.15. The van der Waals surface area contributed by atoms with E-state index in [4.69, 9.17) is 9.72 Å². The van der Waals surface area contributed by atoms with E-state index >= 15 is 0 Å². The summed E-state index contributed by atoms with van der Waals surface area (Å²) in [5.41, 5.74) is 5.78. The Morgan fingerprint density at radius 1 is 0.974 bits per heavy atom. The van der Waals surface area contributed by atoms with E-state index in [1.807, 2.05) is 48.7 Å². The number of ether oxygens (including phenoxy) is 1. The third kappa shape index (κ3) is 6.10. The van der Waals surface area contributed by atoms with Crippen molar-refractivity contribution in [1.29, 1.82) is 0 Å². The fourth-order valence-electron chi connectivity index (χ4n) is 4.64. The van der Waals surface area contributed by atoms with E-state index in [-0.39, 0.29) is 6.03 Å². The van der Waals surface area contributed by atoms with Crippen molar-refractivity contribution in [1.82, 2.24) is 9.88 Å². The molecule has 1 fully saturated rings. The van der Waals surface area contributed by atoms with Crippen LogP contribution >= 0.6 is 31.9 Å². The molecule has 4 aromatic rings. The number of pyridine rings is 1. The predicted molar refractivity (Wildman–Crippen MR) is 162 cm³/mol. The molecule has 0 aliphatic carbocycles. The number of nitrogens with one attached hydrogen (secondary N) is 2. The van der Waals surface area contributed by atoms with Crippen molar-refractivity contribution in [3.63, 3.8) is 0 Å². The Labute approximate surface area is 240 Å². The first-order chi connectivity index (χ1) is 18.4. The van der Waals surface area contributed by atoms with Gasteiger partial charge in [-0.25, -0.2) is 4.79 Å². The summed E-state index contributed by atoms with van der Waals surface area (Å²) in [7, 11) is 0. The highest BCUT2D eigenvalue weighted by molar-refractivity contribution is 9.11. The Morgan fingerprint density at radius 3 is 2.34 bits per heavy atom. The van der Waals surface area contributed by atoms with Crippen LogP contribution in [0.4, 0.5) is 16.2 Å². The van der Waals surface area contributed by atoms with Crippen LogP contribution in [0.1, 0.15) is 31.0 Å². The number of carbonyl (C=O) groups excluding carboxylic acids is 1. The Hall–Kier alpha value is -2.78. The zero-order chi connectivity index (χ0) is 26.6. The second-order valence-electron chi connectivity index (χ2n) is 9.73. The fourth-order valence-corrected chi connectivity index (χ4v) is 6.06. The van der Waals surface area contributed by atoms with E-state index in [9.17, 15) is 4.79 Å². The van der Waals surface area contributed by atoms with Gasteiger partial charge in [0, 0.05) is 45.7 Å². The highest BCUT2D eigenvalue weighted by Crippen LogP contribution is 2.36. The van der Waals surface area contributed by atoms with Crippen LogP contribution in [0.5, 0.6) is 0 Å². The fraction of sp³-hybridized carbons (Fsp3) is 0.267. The number of carbonyl (C=O) groups is 1. The number of nitrogens with zero attached hydrogens (tertiary/aromatic N) is 2. The van der Waals surface area contributed by atoms with Crippen molar-refractivity contribution in [2.75, 3.05) is 36.9 Å². The van der Waals surface area contributed by atoms with E-state index in [1.54, 1.807) is 0 Å². The summed E-state index contributed by atoms with van der Waals surface area (Å²) in [6.45, 7) is 8.54. The molecule has 0 unspecified atom stereocenters. The number of anilines is 2. The molecule has 0 saturated carbocycles. The van der Waals surface area contributed by atoms with Gasteiger partial charge in [-0.15, -0.1) is 0 Å². The summed E-state index contributed by atoms with van der Waals surface area (Å²) in [5, 5.41) is 8.03. The topological polar surface area (TPSA) is 66.5 Å². The molecule has 1 saturated heterocycles. The van der Waals surface area contributed by atoms with Gasteiger partial charge >= 0.3 is 6.03 Å². The largest absolute Gasteiger partial charge is 0.379 e. The summed E-state index contributed by atoms with van der Waals surface area (Å²) in [4.78, 5) is 20.1. The Bertz CT molecular complexity index is 1430. The minimum Gasteiger partial charge on any atom is -0.379 e. The number of hydrogen-bond donors (Lipinski definition) is 2. The Kier molecular flexibility index (Phi) is 8.43. The van der Waals surface area contributed by atoms with Crippen molar-refractivity contribution in [3.05, 3.63) is 87.1 Å². The second kappa shape index (κ2) is 11.9. The minimum absolute atomic E-state index is 0.310. The third-order valence-corrected chi connectivity index (χ3v) is 8.02.